The summed E-state index contributed by atoms with van der Waals surface area (Å²) in [6.07, 6.45) is 0. The van der Waals surface area contributed by atoms with E-state index in [9.17, 15) is 4.39 Å². The minimum atomic E-state index is -0.206. The monoisotopic (exact) mass is 198 g/mol. The van der Waals surface area contributed by atoms with Gasteiger partial charge >= 0.3 is 0 Å². The summed E-state index contributed by atoms with van der Waals surface area (Å²) < 4.78 is 23.3. The van der Waals surface area contributed by atoms with Gasteiger partial charge in [0.15, 0.2) is 0 Å². The summed E-state index contributed by atoms with van der Waals surface area (Å²) >= 11 is 0. The summed E-state index contributed by atoms with van der Waals surface area (Å²) in [5.41, 5.74) is 0.596. The SMILES string of the molecule is CCOCCOc1ccc(F)c(C)c1. The third-order valence-corrected chi connectivity index (χ3v) is 1.83. The molecule has 0 unspecified atom stereocenters. The fraction of sp³-hybridized carbons (Fsp3) is 0.455. The number of benzene rings is 1. The van der Waals surface area contributed by atoms with Crippen LogP contribution in [0.5, 0.6) is 5.75 Å². The number of ether oxygens (including phenoxy) is 2. The Balaban J connectivity index is 2.39. The Morgan fingerprint density at radius 3 is 2.71 bits per heavy atom. The van der Waals surface area contributed by atoms with Crippen LogP contribution in [0, 0.1) is 12.7 Å². The van der Waals surface area contributed by atoms with Gasteiger partial charge in [-0.1, -0.05) is 0 Å². The highest BCUT2D eigenvalue weighted by molar-refractivity contribution is 5.28. The molecule has 0 aliphatic rings. The lowest BCUT2D eigenvalue weighted by atomic mass is 10.2. The lowest BCUT2D eigenvalue weighted by Gasteiger charge is -2.06. The molecule has 0 N–H and O–H groups in total. The minimum absolute atomic E-state index is 0.206. The van der Waals surface area contributed by atoms with Gasteiger partial charge in [-0.2, -0.15) is 0 Å². The first-order valence-corrected chi connectivity index (χ1v) is 4.70. The van der Waals surface area contributed by atoms with Gasteiger partial charge in [0.25, 0.3) is 0 Å². The van der Waals surface area contributed by atoms with Gasteiger partial charge in [0.1, 0.15) is 18.2 Å². The zero-order chi connectivity index (χ0) is 10.4. The van der Waals surface area contributed by atoms with Gasteiger partial charge in [-0.25, -0.2) is 4.39 Å². The molecule has 0 saturated heterocycles. The van der Waals surface area contributed by atoms with E-state index in [-0.39, 0.29) is 5.82 Å². The Labute approximate surface area is 83.6 Å². The second kappa shape index (κ2) is 5.60. The summed E-state index contributed by atoms with van der Waals surface area (Å²) in [4.78, 5) is 0. The summed E-state index contributed by atoms with van der Waals surface area (Å²) in [5.74, 6) is 0.478. The molecular formula is C11H15FO2. The van der Waals surface area contributed by atoms with E-state index in [1.165, 1.54) is 6.07 Å². The number of aryl methyl sites for hydroxylation is 1. The lowest BCUT2D eigenvalue weighted by Crippen LogP contribution is -2.06. The third-order valence-electron chi connectivity index (χ3n) is 1.83. The first kappa shape index (κ1) is 11.0. The first-order chi connectivity index (χ1) is 6.74. The zero-order valence-electron chi connectivity index (χ0n) is 8.55. The van der Waals surface area contributed by atoms with Crippen LogP contribution in [0.25, 0.3) is 0 Å². The van der Waals surface area contributed by atoms with Gasteiger partial charge in [-0.3, -0.25) is 0 Å². The van der Waals surface area contributed by atoms with Crippen molar-refractivity contribution in [2.45, 2.75) is 13.8 Å². The van der Waals surface area contributed by atoms with Crippen LogP contribution in [0.4, 0.5) is 4.39 Å². The van der Waals surface area contributed by atoms with Crippen LogP contribution in [-0.4, -0.2) is 19.8 Å². The molecule has 0 aliphatic carbocycles. The molecule has 1 aromatic rings. The van der Waals surface area contributed by atoms with Crippen molar-refractivity contribution in [3.8, 4) is 5.75 Å². The molecule has 3 heteroatoms. The van der Waals surface area contributed by atoms with Crippen LogP contribution in [0.3, 0.4) is 0 Å². The fourth-order valence-corrected chi connectivity index (χ4v) is 1.07. The van der Waals surface area contributed by atoms with Crippen molar-refractivity contribution in [2.24, 2.45) is 0 Å². The van der Waals surface area contributed by atoms with Crippen LogP contribution in [0.2, 0.25) is 0 Å². The van der Waals surface area contributed by atoms with Gasteiger partial charge in [-0.05, 0) is 37.6 Å². The maximum Gasteiger partial charge on any atom is 0.126 e. The molecular weight excluding hydrogens is 183 g/mol. The number of rotatable bonds is 5. The highest BCUT2D eigenvalue weighted by Gasteiger charge is 1.99. The van der Waals surface area contributed by atoms with E-state index < -0.39 is 0 Å². The Kier molecular flexibility index (Phi) is 4.40. The quantitative estimate of drug-likeness (QED) is 0.677. The molecule has 0 fully saturated rings. The lowest BCUT2D eigenvalue weighted by molar-refractivity contribution is 0.110. The normalized spacial score (nSPS) is 10.2. The van der Waals surface area contributed by atoms with Gasteiger partial charge in [-0.15, -0.1) is 0 Å². The van der Waals surface area contributed by atoms with Crippen molar-refractivity contribution in [3.63, 3.8) is 0 Å². The summed E-state index contributed by atoms with van der Waals surface area (Å²) in [6.45, 7) is 5.39. The molecule has 0 atom stereocenters. The van der Waals surface area contributed by atoms with Crippen LogP contribution in [0.1, 0.15) is 12.5 Å². The van der Waals surface area contributed by atoms with Crippen molar-refractivity contribution in [1.29, 1.82) is 0 Å². The second-order valence-electron chi connectivity index (χ2n) is 2.96. The molecule has 0 heterocycles. The molecule has 0 aliphatic heterocycles. The smallest absolute Gasteiger partial charge is 0.126 e. The standard InChI is InChI=1S/C11H15FO2/c1-3-13-6-7-14-10-4-5-11(12)9(2)8-10/h4-5,8H,3,6-7H2,1-2H3. The van der Waals surface area contributed by atoms with Crippen molar-refractivity contribution in [3.05, 3.63) is 29.6 Å². The molecule has 0 saturated carbocycles. The predicted molar refractivity (Wildman–Crippen MR) is 53.1 cm³/mol. The maximum absolute atomic E-state index is 12.9. The Hall–Kier alpha value is -1.09. The van der Waals surface area contributed by atoms with Crippen molar-refractivity contribution < 1.29 is 13.9 Å². The zero-order valence-corrected chi connectivity index (χ0v) is 8.55. The van der Waals surface area contributed by atoms with Gasteiger partial charge < -0.3 is 9.47 Å². The topological polar surface area (TPSA) is 18.5 Å². The van der Waals surface area contributed by atoms with E-state index >= 15 is 0 Å². The molecule has 14 heavy (non-hydrogen) atoms. The molecule has 1 rings (SSSR count). The highest BCUT2D eigenvalue weighted by Crippen LogP contribution is 2.15. The Morgan fingerprint density at radius 2 is 2.07 bits per heavy atom. The van der Waals surface area contributed by atoms with Gasteiger partial charge in [0.2, 0.25) is 0 Å². The first-order valence-electron chi connectivity index (χ1n) is 4.70. The number of halogens is 1. The molecule has 1 aromatic carbocycles. The van der Waals surface area contributed by atoms with Crippen LogP contribution in [-0.2, 0) is 4.74 Å². The largest absolute Gasteiger partial charge is 0.491 e. The molecule has 78 valence electrons. The van der Waals surface area contributed by atoms with Crippen molar-refractivity contribution >= 4 is 0 Å². The Bertz CT molecular complexity index is 287. The van der Waals surface area contributed by atoms with Crippen LogP contribution < -0.4 is 4.74 Å². The van der Waals surface area contributed by atoms with Gasteiger partial charge in [0, 0.05) is 6.61 Å². The molecule has 0 spiro atoms. The van der Waals surface area contributed by atoms with E-state index in [0.29, 0.717) is 31.1 Å². The molecule has 0 amide bonds. The predicted octanol–water partition coefficient (Wildman–Crippen LogP) is 2.55. The Morgan fingerprint density at radius 1 is 1.29 bits per heavy atom. The number of hydrogen-bond acceptors (Lipinski definition) is 2. The summed E-state index contributed by atoms with van der Waals surface area (Å²) in [7, 11) is 0. The molecule has 2 nitrogen and oxygen atoms in total. The van der Waals surface area contributed by atoms with Crippen LogP contribution >= 0.6 is 0 Å². The average molecular weight is 198 g/mol. The van der Waals surface area contributed by atoms with E-state index in [0.717, 1.165) is 0 Å². The molecule has 0 bridgehead atoms. The minimum Gasteiger partial charge on any atom is -0.491 e. The maximum atomic E-state index is 12.9. The third kappa shape index (κ3) is 3.34. The second-order valence-corrected chi connectivity index (χ2v) is 2.96. The average Bonchev–Trinajstić information content (AvgIpc) is 2.18. The van der Waals surface area contributed by atoms with Crippen molar-refractivity contribution in [2.75, 3.05) is 19.8 Å². The van der Waals surface area contributed by atoms with Gasteiger partial charge in [0.05, 0.1) is 6.61 Å². The van der Waals surface area contributed by atoms with E-state index in [1.54, 1.807) is 19.1 Å². The molecule has 0 aromatic heterocycles. The summed E-state index contributed by atoms with van der Waals surface area (Å²) in [6, 6.07) is 4.71. The van der Waals surface area contributed by atoms with Crippen LogP contribution in [0.15, 0.2) is 18.2 Å². The summed E-state index contributed by atoms with van der Waals surface area (Å²) in [5, 5.41) is 0. The van der Waals surface area contributed by atoms with E-state index in [1.807, 2.05) is 6.92 Å². The molecule has 0 radical (unpaired) electrons. The van der Waals surface area contributed by atoms with E-state index in [4.69, 9.17) is 9.47 Å². The van der Waals surface area contributed by atoms with Crippen molar-refractivity contribution in [1.82, 2.24) is 0 Å². The van der Waals surface area contributed by atoms with E-state index in [2.05, 4.69) is 0 Å². The highest BCUT2D eigenvalue weighted by atomic mass is 19.1. The fourth-order valence-electron chi connectivity index (χ4n) is 1.07. The number of hydrogen-bond donors (Lipinski definition) is 0.